The predicted molar refractivity (Wildman–Crippen MR) is 78.7 cm³/mol. The molecule has 2 N–H and O–H groups in total. The number of hydrogen-bond acceptors (Lipinski definition) is 3. The van der Waals surface area contributed by atoms with Gasteiger partial charge in [-0.3, -0.25) is 0 Å². The third-order valence-corrected chi connectivity index (χ3v) is 3.92. The van der Waals surface area contributed by atoms with Crippen molar-refractivity contribution in [2.45, 2.75) is 39.0 Å². The van der Waals surface area contributed by atoms with Crippen molar-refractivity contribution in [1.82, 2.24) is 9.55 Å². The van der Waals surface area contributed by atoms with Gasteiger partial charge in [-0.1, -0.05) is 19.6 Å². The fourth-order valence-corrected chi connectivity index (χ4v) is 1.95. The van der Waals surface area contributed by atoms with Crippen LogP contribution in [0.2, 0.25) is 25.7 Å². The Morgan fingerprint density at radius 1 is 1.35 bits per heavy atom. The first kappa shape index (κ1) is 19.3. The molecule has 7 heteroatoms. The molecule has 0 bridgehead atoms. The topological polar surface area (TPSA) is 53.1 Å². The zero-order chi connectivity index (χ0) is 11.3. The molecular weight excluding hydrogens is 277 g/mol. The van der Waals surface area contributed by atoms with Gasteiger partial charge in [0.2, 0.25) is 0 Å². The van der Waals surface area contributed by atoms with Crippen LogP contribution in [0.25, 0.3) is 0 Å². The van der Waals surface area contributed by atoms with E-state index < -0.39 is 8.07 Å². The average Bonchev–Trinajstić information content (AvgIpc) is 2.58. The highest BCUT2D eigenvalue weighted by atomic mass is 35.5. The van der Waals surface area contributed by atoms with E-state index in [9.17, 15) is 0 Å². The first-order valence-corrected chi connectivity index (χ1v) is 9.01. The van der Waals surface area contributed by atoms with Crippen LogP contribution in [0.4, 0.5) is 0 Å². The SMILES string of the molecule is C[Si](C)(C)CCOCn1ccnc1CN.Cl.Cl. The molecule has 0 atom stereocenters. The second-order valence-electron chi connectivity index (χ2n) is 4.87. The molecule has 0 aromatic carbocycles. The van der Waals surface area contributed by atoms with E-state index >= 15 is 0 Å². The quantitative estimate of drug-likeness (QED) is 0.649. The maximum absolute atomic E-state index is 5.60. The zero-order valence-corrected chi connectivity index (χ0v) is 13.3. The van der Waals surface area contributed by atoms with Crippen LogP contribution in [0.1, 0.15) is 5.82 Å². The maximum Gasteiger partial charge on any atom is 0.124 e. The molecule has 4 nitrogen and oxygen atoms in total. The van der Waals surface area contributed by atoms with Crippen LogP contribution in [0, 0.1) is 0 Å². The molecule has 0 aliphatic heterocycles. The molecule has 1 aromatic rings. The summed E-state index contributed by atoms with van der Waals surface area (Å²) in [4.78, 5) is 4.13. The number of rotatable bonds is 6. The Kier molecular flexibility index (Phi) is 10.1. The van der Waals surface area contributed by atoms with E-state index in [1.54, 1.807) is 6.20 Å². The smallest absolute Gasteiger partial charge is 0.124 e. The molecule has 0 saturated heterocycles. The summed E-state index contributed by atoms with van der Waals surface area (Å²) in [6.45, 7) is 8.90. The van der Waals surface area contributed by atoms with E-state index in [0.717, 1.165) is 12.4 Å². The number of ether oxygens (including phenoxy) is 1. The molecule has 0 unspecified atom stereocenters. The first-order valence-electron chi connectivity index (χ1n) is 5.31. The number of hydrogen-bond donors (Lipinski definition) is 1. The van der Waals surface area contributed by atoms with Crippen LogP contribution >= 0.6 is 24.8 Å². The highest BCUT2D eigenvalue weighted by Gasteiger charge is 2.12. The van der Waals surface area contributed by atoms with Crippen molar-refractivity contribution in [1.29, 1.82) is 0 Å². The first-order chi connectivity index (χ1) is 7.03. The van der Waals surface area contributed by atoms with E-state index in [0.29, 0.717) is 13.3 Å². The van der Waals surface area contributed by atoms with E-state index in [4.69, 9.17) is 10.5 Å². The highest BCUT2D eigenvalue weighted by Crippen LogP contribution is 2.08. The molecular formula is C10H23Cl2N3OSi. The molecule has 0 spiro atoms. The van der Waals surface area contributed by atoms with Crippen molar-refractivity contribution in [3.63, 3.8) is 0 Å². The van der Waals surface area contributed by atoms with Crippen LogP contribution in [0.3, 0.4) is 0 Å². The molecule has 0 aliphatic carbocycles. The minimum Gasteiger partial charge on any atom is -0.361 e. The van der Waals surface area contributed by atoms with Gasteiger partial charge in [0.05, 0.1) is 6.54 Å². The molecule has 0 aliphatic rings. The lowest BCUT2D eigenvalue weighted by Gasteiger charge is -2.15. The summed E-state index contributed by atoms with van der Waals surface area (Å²) in [7, 11) is -0.976. The van der Waals surface area contributed by atoms with Gasteiger partial charge in [-0.25, -0.2) is 4.98 Å². The van der Waals surface area contributed by atoms with Gasteiger partial charge >= 0.3 is 0 Å². The molecule has 1 heterocycles. The fraction of sp³-hybridized carbons (Fsp3) is 0.700. The second kappa shape index (κ2) is 8.94. The number of imidazole rings is 1. The third kappa shape index (κ3) is 7.78. The molecule has 0 radical (unpaired) electrons. The van der Waals surface area contributed by atoms with Gasteiger partial charge in [0, 0.05) is 27.1 Å². The van der Waals surface area contributed by atoms with Crippen molar-refractivity contribution in [2.24, 2.45) is 5.73 Å². The van der Waals surface area contributed by atoms with Gasteiger partial charge in [-0.2, -0.15) is 0 Å². The summed E-state index contributed by atoms with van der Waals surface area (Å²) in [5.41, 5.74) is 5.54. The molecule has 0 saturated carbocycles. The Bertz CT molecular complexity index is 302. The Balaban J connectivity index is 0. The average molecular weight is 300 g/mol. The molecule has 1 aromatic heterocycles. The summed E-state index contributed by atoms with van der Waals surface area (Å²) in [6, 6.07) is 1.19. The van der Waals surface area contributed by atoms with Crippen LogP contribution in [-0.4, -0.2) is 24.2 Å². The van der Waals surface area contributed by atoms with Crippen LogP contribution in [0.15, 0.2) is 12.4 Å². The Hall–Kier alpha value is -0.0731. The maximum atomic E-state index is 5.60. The van der Waals surface area contributed by atoms with Gasteiger partial charge in [-0.05, 0) is 6.04 Å². The summed E-state index contributed by atoms with van der Waals surface area (Å²) >= 11 is 0. The largest absolute Gasteiger partial charge is 0.361 e. The Morgan fingerprint density at radius 3 is 2.53 bits per heavy atom. The lowest BCUT2D eigenvalue weighted by atomic mass is 10.6. The molecule has 0 fully saturated rings. The van der Waals surface area contributed by atoms with Gasteiger partial charge in [-0.15, -0.1) is 24.8 Å². The molecule has 0 amide bonds. The van der Waals surface area contributed by atoms with Crippen LogP contribution in [-0.2, 0) is 18.0 Å². The summed E-state index contributed by atoms with van der Waals surface area (Å²) in [6.07, 6.45) is 3.65. The molecule has 17 heavy (non-hydrogen) atoms. The Labute approximate surface area is 117 Å². The number of halogens is 2. The number of nitrogens with zero attached hydrogens (tertiary/aromatic N) is 2. The zero-order valence-electron chi connectivity index (χ0n) is 10.7. The lowest BCUT2D eigenvalue weighted by Crippen LogP contribution is -2.22. The minimum atomic E-state index is -0.976. The van der Waals surface area contributed by atoms with Gasteiger partial charge in [0.25, 0.3) is 0 Å². The van der Waals surface area contributed by atoms with E-state index in [1.807, 2.05) is 10.8 Å². The lowest BCUT2D eigenvalue weighted by molar-refractivity contribution is 0.0852. The van der Waals surface area contributed by atoms with E-state index in [2.05, 4.69) is 24.6 Å². The summed E-state index contributed by atoms with van der Waals surface area (Å²) < 4.78 is 7.55. The summed E-state index contributed by atoms with van der Waals surface area (Å²) in [5.74, 6) is 0.878. The van der Waals surface area contributed by atoms with Crippen molar-refractivity contribution in [3.8, 4) is 0 Å². The van der Waals surface area contributed by atoms with Gasteiger partial charge in [0.1, 0.15) is 12.6 Å². The standard InChI is InChI=1S/C10H21N3OSi.2ClH/c1-15(2,3)7-6-14-9-13-5-4-12-10(13)8-11;;/h4-5H,6-9,11H2,1-3H3;2*1H. The number of aromatic nitrogens is 2. The Morgan fingerprint density at radius 2 is 2.00 bits per heavy atom. The van der Waals surface area contributed by atoms with E-state index in [-0.39, 0.29) is 24.8 Å². The number of nitrogens with two attached hydrogens (primary N) is 1. The van der Waals surface area contributed by atoms with Crippen LogP contribution < -0.4 is 5.73 Å². The molecule has 1 rings (SSSR count). The van der Waals surface area contributed by atoms with E-state index in [1.165, 1.54) is 6.04 Å². The minimum absolute atomic E-state index is 0. The molecule has 102 valence electrons. The van der Waals surface area contributed by atoms with Crippen LogP contribution in [0.5, 0.6) is 0 Å². The van der Waals surface area contributed by atoms with Crippen molar-refractivity contribution in [3.05, 3.63) is 18.2 Å². The van der Waals surface area contributed by atoms with Crippen molar-refractivity contribution in [2.75, 3.05) is 6.61 Å². The van der Waals surface area contributed by atoms with Gasteiger partial charge < -0.3 is 15.0 Å². The highest BCUT2D eigenvalue weighted by molar-refractivity contribution is 6.76. The monoisotopic (exact) mass is 299 g/mol. The predicted octanol–water partition coefficient (Wildman–Crippen LogP) is 2.50. The fourth-order valence-electron chi connectivity index (χ4n) is 1.19. The van der Waals surface area contributed by atoms with Gasteiger partial charge in [0.15, 0.2) is 0 Å². The second-order valence-corrected chi connectivity index (χ2v) is 10.5. The summed E-state index contributed by atoms with van der Waals surface area (Å²) in [5, 5.41) is 0. The van der Waals surface area contributed by atoms with Crippen molar-refractivity contribution < 1.29 is 4.74 Å². The normalized spacial score (nSPS) is 10.6. The van der Waals surface area contributed by atoms with Crippen molar-refractivity contribution >= 4 is 32.9 Å². The third-order valence-electron chi connectivity index (χ3n) is 2.21.